The Labute approximate surface area is 144 Å². The molecule has 1 amide bonds. The molecule has 0 bridgehead atoms. The highest BCUT2D eigenvalue weighted by Gasteiger charge is 2.07. The Bertz CT molecular complexity index is 685. The van der Waals surface area contributed by atoms with Gasteiger partial charge in [0.1, 0.15) is 24.7 Å². The van der Waals surface area contributed by atoms with E-state index in [1.54, 1.807) is 48.5 Å². The number of rotatable bonds is 8. The van der Waals surface area contributed by atoms with E-state index >= 15 is 0 Å². The van der Waals surface area contributed by atoms with Gasteiger partial charge >= 0.3 is 5.97 Å². The molecule has 126 valence electrons. The third kappa shape index (κ3) is 5.81. The van der Waals surface area contributed by atoms with E-state index in [2.05, 4.69) is 0 Å². The molecule has 0 aliphatic heterocycles. The lowest BCUT2D eigenvalue weighted by molar-refractivity contribution is -0.119. The Morgan fingerprint density at radius 2 is 1.46 bits per heavy atom. The maximum atomic E-state index is 11.9. The summed E-state index contributed by atoms with van der Waals surface area (Å²) in [5.74, 6) is 0.0400. The van der Waals surface area contributed by atoms with E-state index in [4.69, 9.17) is 31.5 Å². The standard InChI is InChI=1S/C17H16ClNO5/c18-13-3-7-14(8-4-13)22-9-10-23-17(21)12-1-5-15(6-2-12)24-11-16(19)20/h1-8H,9-11H2,(H2,19,20). The van der Waals surface area contributed by atoms with E-state index in [1.807, 2.05) is 0 Å². The highest BCUT2D eigenvalue weighted by molar-refractivity contribution is 6.30. The number of esters is 1. The van der Waals surface area contributed by atoms with Crippen molar-refractivity contribution in [3.05, 3.63) is 59.1 Å². The summed E-state index contributed by atoms with van der Waals surface area (Å²) in [5.41, 5.74) is 5.35. The van der Waals surface area contributed by atoms with E-state index in [9.17, 15) is 9.59 Å². The van der Waals surface area contributed by atoms with Crippen molar-refractivity contribution in [3.8, 4) is 11.5 Å². The molecule has 2 N–H and O–H groups in total. The Morgan fingerprint density at radius 1 is 0.875 bits per heavy atom. The van der Waals surface area contributed by atoms with Crippen LogP contribution in [0.4, 0.5) is 0 Å². The number of nitrogens with two attached hydrogens (primary N) is 1. The molecule has 2 rings (SSSR count). The fraction of sp³-hybridized carbons (Fsp3) is 0.176. The lowest BCUT2D eigenvalue weighted by Crippen LogP contribution is -2.20. The van der Waals surface area contributed by atoms with Crippen molar-refractivity contribution in [3.63, 3.8) is 0 Å². The molecular formula is C17H16ClNO5. The molecule has 0 saturated carbocycles. The van der Waals surface area contributed by atoms with Gasteiger partial charge in [-0.15, -0.1) is 0 Å². The first-order chi connectivity index (χ1) is 11.5. The second-order valence-corrected chi connectivity index (χ2v) is 5.15. The predicted molar refractivity (Wildman–Crippen MR) is 88.4 cm³/mol. The fourth-order valence-corrected chi connectivity index (χ4v) is 1.88. The van der Waals surface area contributed by atoms with Gasteiger partial charge in [0.15, 0.2) is 6.61 Å². The number of benzene rings is 2. The van der Waals surface area contributed by atoms with E-state index in [1.165, 1.54) is 0 Å². The maximum Gasteiger partial charge on any atom is 0.338 e. The number of ether oxygens (including phenoxy) is 3. The molecule has 2 aromatic carbocycles. The number of primary amides is 1. The van der Waals surface area contributed by atoms with Crippen LogP contribution in [0.3, 0.4) is 0 Å². The van der Waals surface area contributed by atoms with Crippen LogP contribution in [0.15, 0.2) is 48.5 Å². The summed E-state index contributed by atoms with van der Waals surface area (Å²) < 4.78 is 15.6. The minimum Gasteiger partial charge on any atom is -0.490 e. The van der Waals surface area contributed by atoms with Crippen LogP contribution in [0.1, 0.15) is 10.4 Å². The van der Waals surface area contributed by atoms with Crippen molar-refractivity contribution in [2.24, 2.45) is 5.73 Å². The van der Waals surface area contributed by atoms with Crippen LogP contribution in [0.5, 0.6) is 11.5 Å². The van der Waals surface area contributed by atoms with Crippen LogP contribution in [-0.4, -0.2) is 31.7 Å². The van der Waals surface area contributed by atoms with Gasteiger partial charge in [-0.1, -0.05) is 11.6 Å². The van der Waals surface area contributed by atoms with Crippen LogP contribution >= 0.6 is 11.6 Å². The van der Waals surface area contributed by atoms with Gasteiger partial charge in [-0.25, -0.2) is 4.79 Å². The van der Waals surface area contributed by atoms with Gasteiger partial charge in [-0.05, 0) is 48.5 Å². The monoisotopic (exact) mass is 349 g/mol. The van der Waals surface area contributed by atoms with Gasteiger partial charge in [-0.2, -0.15) is 0 Å². The van der Waals surface area contributed by atoms with Crippen molar-refractivity contribution >= 4 is 23.5 Å². The zero-order valence-electron chi connectivity index (χ0n) is 12.7. The minimum absolute atomic E-state index is 0.112. The second kappa shape index (κ2) is 8.79. The maximum absolute atomic E-state index is 11.9. The number of amides is 1. The summed E-state index contributed by atoms with van der Waals surface area (Å²) in [5, 5.41) is 0.622. The zero-order chi connectivity index (χ0) is 17.4. The van der Waals surface area contributed by atoms with Gasteiger partial charge in [0.25, 0.3) is 5.91 Å². The molecule has 0 atom stereocenters. The molecule has 24 heavy (non-hydrogen) atoms. The van der Waals surface area contributed by atoms with Crippen LogP contribution in [0.25, 0.3) is 0 Å². The molecule has 0 aliphatic carbocycles. The first kappa shape index (κ1) is 17.6. The Morgan fingerprint density at radius 3 is 2.08 bits per heavy atom. The molecular weight excluding hydrogens is 334 g/mol. The van der Waals surface area contributed by atoms with Crippen molar-refractivity contribution < 1.29 is 23.8 Å². The van der Waals surface area contributed by atoms with Gasteiger partial charge in [0, 0.05) is 5.02 Å². The first-order valence-electron chi connectivity index (χ1n) is 7.11. The third-order valence-electron chi connectivity index (χ3n) is 2.87. The number of carbonyl (C=O) groups is 2. The number of carbonyl (C=O) groups excluding carboxylic acids is 2. The first-order valence-corrected chi connectivity index (χ1v) is 7.49. The molecule has 6 nitrogen and oxygen atoms in total. The average Bonchev–Trinajstić information content (AvgIpc) is 2.58. The van der Waals surface area contributed by atoms with Crippen LogP contribution in [0, 0.1) is 0 Å². The van der Waals surface area contributed by atoms with E-state index in [-0.39, 0.29) is 19.8 Å². The van der Waals surface area contributed by atoms with Crippen molar-refractivity contribution in [2.75, 3.05) is 19.8 Å². The Kier molecular flexibility index (Phi) is 6.45. The van der Waals surface area contributed by atoms with Crippen LogP contribution in [-0.2, 0) is 9.53 Å². The summed E-state index contributed by atoms with van der Waals surface area (Å²) >= 11 is 5.77. The molecule has 0 heterocycles. The number of hydrogen-bond acceptors (Lipinski definition) is 5. The Hall–Kier alpha value is -2.73. The quantitative estimate of drug-likeness (QED) is 0.584. The predicted octanol–water partition coefficient (Wildman–Crippen LogP) is 2.44. The van der Waals surface area contributed by atoms with Gasteiger partial charge in [0.2, 0.25) is 0 Å². The van der Waals surface area contributed by atoms with Crippen molar-refractivity contribution in [1.29, 1.82) is 0 Å². The average molecular weight is 350 g/mol. The molecule has 0 aliphatic rings. The van der Waals surface area contributed by atoms with Crippen LogP contribution in [0.2, 0.25) is 5.02 Å². The summed E-state index contributed by atoms with van der Waals surface area (Å²) in [7, 11) is 0. The van der Waals surface area contributed by atoms with Crippen molar-refractivity contribution in [1.82, 2.24) is 0 Å². The summed E-state index contributed by atoms with van der Waals surface area (Å²) in [6, 6.07) is 13.1. The highest BCUT2D eigenvalue weighted by atomic mass is 35.5. The highest BCUT2D eigenvalue weighted by Crippen LogP contribution is 2.15. The zero-order valence-corrected chi connectivity index (χ0v) is 13.5. The van der Waals surface area contributed by atoms with Crippen LogP contribution < -0.4 is 15.2 Å². The van der Waals surface area contributed by atoms with E-state index in [0.717, 1.165) is 0 Å². The SMILES string of the molecule is NC(=O)COc1ccc(C(=O)OCCOc2ccc(Cl)cc2)cc1. The molecule has 7 heteroatoms. The van der Waals surface area contributed by atoms with Gasteiger partial charge < -0.3 is 19.9 Å². The van der Waals surface area contributed by atoms with Crippen molar-refractivity contribution in [2.45, 2.75) is 0 Å². The molecule has 0 fully saturated rings. The molecule has 2 aromatic rings. The molecule has 0 spiro atoms. The van der Waals surface area contributed by atoms with E-state index in [0.29, 0.717) is 22.1 Å². The molecule has 0 unspecified atom stereocenters. The minimum atomic E-state index is -0.570. The van der Waals surface area contributed by atoms with E-state index < -0.39 is 11.9 Å². The second-order valence-electron chi connectivity index (χ2n) is 4.72. The smallest absolute Gasteiger partial charge is 0.338 e. The largest absolute Gasteiger partial charge is 0.490 e. The molecule has 0 saturated heterocycles. The lowest BCUT2D eigenvalue weighted by atomic mass is 10.2. The summed E-state index contributed by atoms with van der Waals surface area (Å²) in [4.78, 5) is 22.5. The topological polar surface area (TPSA) is 87.9 Å². The fourth-order valence-electron chi connectivity index (χ4n) is 1.75. The summed E-state index contributed by atoms with van der Waals surface area (Å²) in [6.45, 7) is 0.125. The molecule has 0 radical (unpaired) electrons. The van der Waals surface area contributed by atoms with Gasteiger partial charge in [-0.3, -0.25) is 4.79 Å². The molecule has 0 aromatic heterocycles. The third-order valence-corrected chi connectivity index (χ3v) is 3.12. The normalized spacial score (nSPS) is 10.0. The number of halogens is 1. The number of hydrogen-bond donors (Lipinski definition) is 1. The Balaban J connectivity index is 1.73. The van der Waals surface area contributed by atoms with Gasteiger partial charge in [0.05, 0.1) is 5.56 Å². The lowest BCUT2D eigenvalue weighted by Gasteiger charge is -2.08. The summed E-state index contributed by atoms with van der Waals surface area (Å²) in [6.07, 6.45) is 0.